The third-order valence-corrected chi connectivity index (χ3v) is 2.91. The molecule has 0 radical (unpaired) electrons. The van der Waals surface area contributed by atoms with Gasteiger partial charge in [-0.2, -0.15) is 0 Å². The number of aromatic nitrogens is 1. The van der Waals surface area contributed by atoms with Crippen LogP contribution in [0.5, 0.6) is 0 Å². The van der Waals surface area contributed by atoms with Crippen LogP contribution in [0.25, 0.3) is 0 Å². The topological polar surface area (TPSA) is 62.7 Å². The minimum Gasteiger partial charge on any atom is -0.478 e. The van der Waals surface area contributed by atoms with E-state index in [-0.39, 0.29) is 11.7 Å². The predicted molar refractivity (Wildman–Crippen MR) is 63.4 cm³/mol. The lowest BCUT2D eigenvalue weighted by Gasteiger charge is -2.33. The SMILES string of the molecule is CCC1CN(c2ncccc2C(=O)O)CCO1. The van der Waals surface area contributed by atoms with Crippen molar-refractivity contribution in [1.29, 1.82) is 0 Å². The summed E-state index contributed by atoms with van der Waals surface area (Å²) >= 11 is 0. The second-order valence-electron chi connectivity index (χ2n) is 4.03. The second-order valence-corrected chi connectivity index (χ2v) is 4.03. The molecule has 1 atom stereocenters. The van der Waals surface area contributed by atoms with Crippen molar-refractivity contribution in [3.05, 3.63) is 23.9 Å². The number of carboxylic acid groups (broad SMARTS) is 1. The molecule has 1 aromatic rings. The molecule has 0 bridgehead atoms. The zero-order valence-electron chi connectivity index (χ0n) is 9.80. The van der Waals surface area contributed by atoms with Gasteiger partial charge in [-0.1, -0.05) is 6.92 Å². The van der Waals surface area contributed by atoms with Gasteiger partial charge in [0.25, 0.3) is 0 Å². The molecule has 0 spiro atoms. The standard InChI is InChI=1S/C12H16N2O3/c1-2-9-8-14(6-7-17-9)11-10(12(15)16)4-3-5-13-11/h3-5,9H,2,6-8H2,1H3,(H,15,16). The highest BCUT2D eigenvalue weighted by Gasteiger charge is 2.23. The maximum absolute atomic E-state index is 11.1. The van der Waals surface area contributed by atoms with Crippen LogP contribution in [0.3, 0.4) is 0 Å². The van der Waals surface area contributed by atoms with Gasteiger partial charge in [-0.25, -0.2) is 9.78 Å². The van der Waals surface area contributed by atoms with E-state index in [0.29, 0.717) is 25.5 Å². The van der Waals surface area contributed by atoms with Gasteiger partial charge in [0.15, 0.2) is 0 Å². The van der Waals surface area contributed by atoms with Crippen LogP contribution in [0.15, 0.2) is 18.3 Å². The fourth-order valence-corrected chi connectivity index (χ4v) is 1.97. The first-order chi connectivity index (χ1) is 8.22. The summed E-state index contributed by atoms with van der Waals surface area (Å²) < 4.78 is 5.56. The highest BCUT2D eigenvalue weighted by atomic mass is 16.5. The van der Waals surface area contributed by atoms with Gasteiger partial charge >= 0.3 is 5.97 Å². The van der Waals surface area contributed by atoms with Gasteiger partial charge in [-0.05, 0) is 18.6 Å². The van der Waals surface area contributed by atoms with Crippen molar-refractivity contribution >= 4 is 11.8 Å². The molecule has 1 aliphatic heterocycles. The second kappa shape index (κ2) is 5.14. The highest BCUT2D eigenvalue weighted by molar-refractivity contribution is 5.93. The predicted octanol–water partition coefficient (Wildman–Crippen LogP) is 1.40. The molecule has 1 saturated heterocycles. The first kappa shape index (κ1) is 11.9. The Kier molecular flexibility index (Phi) is 3.58. The largest absolute Gasteiger partial charge is 0.478 e. The van der Waals surface area contributed by atoms with Crippen LogP contribution in [0.1, 0.15) is 23.7 Å². The molecule has 1 unspecified atom stereocenters. The molecule has 2 rings (SSSR count). The fraction of sp³-hybridized carbons (Fsp3) is 0.500. The summed E-state index contributed by atoms with van der Waals surface area (Å²) in [5.41, 5.74) is 0.254. The lowest BCUT2D eigenvalue weighted by Crippen LogP contribution is -2.43. The number of ether oxygens (including phenoxy) is 1. The number of aromatic carboxylic acids is 1. The van der Waals surface area contributed by atoms with Gasteiger partial charge in [0.05, 0.1) is 12.7 Å². The normalized spacial score (nSPS) is 20.3. The number of rotatable bonds is 3. The maximum Gasteiger partial charge on any atom is 0.339 e. The van der Waals surface area contributed by atoms with E-state index >= 15 is 0 Å². The molecular formula is C12H16N2O3. The monoisotopic (exact) mass is 236 g/mol. The van der Waals surface area contributed by atoms with Crippen LogP contribution < -0.4 is 4.90 Å². The Morgan fingerprint density at radius 2 is 2.53 bits per heavy atom. The summed E-state index contributed by atoms with van der Waals surface area (Å²) in [6.45, 7) is 4.07. The molecular weight excluding hydrogens is 220 g/mol. The van der Waals surface area contributed by atoms with Crippen molar-refractivity contribution in [2.24, 2.45) is 0 Å². The Hall–Kier alpha value is -1.62. The Bertz CT molecular complexity index is 408. The van der Waals surface area contributed by atoms with E-state index in [1.807, 2.05) is 4.90 Å². The average molecular weight is 236 g/mol. The number of hydrogen-bond acceptors (Lipinski definition) is 4. The van der Waals surface area contributed by atoms with Gasteiger partial charge in [0.1, 0.15) is 11.4 Å². The van der Waals surface area contributed by atoms with Crippen molar-refractivity contribution in [3.63, 3.8) is 0 Å². The van der Waals surface area contributed by atoms with Gasteiger partial charge in [-0.3, -0.25) is 0 Å². The molecule has 92 valence electrons. The fourth-order valence-electron chi connectivity index (χ4n) is 1.97. The van der Waals surface area contributed by atoms with E-state index in [1.165, 1.54) is 0 Å². The number of pyridine rings is 1. The number of anilines is 1. The van der Waals surface area contributed by atoms with E-state index < -0.39 is 5.97 Å². The molecule has 17 heavy (non-hydrogen) atoms. The van der Waals surface area contributed by atoms with Crippen LogP contribution in [0.4, 0.5) is 5.82 Å². The Morgan fingerprint density at radius 3 is 3.24 bits per heavy atom. The van der Waals surface area contributed by atoms with Crippen LogP contribution in [-0.2, 0) is 4.74 Å². The van der Waals surface area contributed by atoms with E-state index in [2.05, 4.69) is 11.9 Å². The number of nitrogens with zero attached hydrogens (tertiary/aromatic N) is 2. The molecule has 1 N–H and O–H groups in total. The molecule has 1 fully saturated rings. The lowest BCUT2D eigenvalue weighted by atomic mass is 10.2. The molecule has 5 nitrogen and oxygen atoms in total. The number of morpholine rings is 1. The Labute approximate surface area is 100 Å². The molecule has 1 aliphatic rings. The first-order valence-corrected chi connectivity index (χ1v) is 5.77. The number of carboxylic acids is 1. The lowest BCUT2D eigenvalue weighted by molar-refractivity contribution is 0.0379. The van der Waals surface area contributed by atoms with E-state index in [9.17, 15) is 4.79 Å². The molecule has 0 aliphatic carbocycles. The van der Waals surface area contributed by atoms with Gasteiger partial charge in [0, 0.05) is 19.3 Å². The minimum absolute atomic E-state index is 0.160. The summed E-state index contributed by atoms with van der Waals surface area (Å²) in [6.07, 6.45) is 2.71. The third kappa shape index (κ3) is 2.55. The smallest absolute Gasteiger partial charge is 0.339 e. The van der Waals surface area contributed by atoms with Crippen LogP contribution in [-0.4, -0.2) is 41.9 Å². The molecule has 0 aromatic carbocycles. The molecule has 2 heterocycles. The molecule has 0 saturated carbocycles. The molecule has 5 heteroatoms. The number of carbonyl (C=O) groups is 1. The van der Waals surface area contributed by atoms with Crippen molar-refractivity contribution in [3.8, 4) is 0 Å². The average Bonchev–Trinajstić information content (AvgIpc) is 2.39. The highest BCUT2D eigenvalue weighted by Crippen LogP contribution is 2.20. The van der Waals surface area contributed by atoms with Crippen molar-refractivity contribution in [2.75, 3.05) is 24.6 Å². The summed E-state index contributed by atoms with van der Waals surface area (Å²) in [5.74, 6) is -0.394. The summed E-state index contributed by atoms with van der Waals surface area (Å²) in [5, 5.41) is 9.12. The van der Waals surface area contributed by atoms with Gasteiger partial charge in [0.2, 0.25) is 0 Å². The Morgan fingerprint density at radius 1 is 1.71 bits per heavy atom. The summed E-state index contributed by atoms with van der Waals surface area (Å²) in [4.78, 5) is 17.3. The zero-order chi connectivity index (χ0) is 12.3. The molecule has 0 amide bonds. The van der Waals surface area contributed by atoms with Crippen LogP contribution in [0.2, 0.25) is 0 Å². The van der Waals surface area contributed by atoms with Gasteiger partial charge in [-0.15, -0.1) is 0 Å². The quantitative estimate of drug-likeness (QED) is 0.859. The van der Waals surface area contributed by atoms with E-state index in [0.717, 1.165) is 6.42 Å². The van der Waals surface area contributed by atoms with Crippen molar-refractivity contribution < 1.29 is 14.6 Å². The minimum atomic E-state index is -0.937. The Balaban J connectivity index is 2.24. The van der Waals surface area contributed by atoms with E-state index in [4.69, 9.17) is 9.84 Å². The van der Waals surface area contributed by atoms with Crippen molar-refractivity contribution in [1.82, 2.24) is 4.98 Å². The maximum atomic E-state index is 11.1. The summed E-state index contributed by atoms with van der Waals surface area (Å²) in [6, 6.07) is 3.23. The van der Waals surface area contributed by atoms with Crippen LogP contribution >= 0.6 is 0 Å². The third-order valence-electron chi connectivity index (χ3n) is 2.91. The number of hydrogen-bond donors (Lipinski definition) is 1. The van der Waals surface area contributed by atoms with Crippen molar-refractivity contribution in [2.45, 2.75) is 19.4 Å². The van der Waals surface area contributed by atoms with Gasteiger partial charge < -0.3 is 14.7 Å². The van der Waals surface area contributed by atoms with E-state index in [1.54, 1.807) is 18.3 Å². The summed E-state index contributed by atoms with van der Waals surface area (Å²) in [7, 11) is 0. The first-order valence-electron chi connectivity index (χ1n) is 5.77. The zero-order valence-corrected chi connectivity index (χ0v) is 9.80. The molecule has 1 aromatic heterocycles. The van der Waals surface area contributed by atoms with Crippen LogP contribution in [0, 0.1) is 0 Å².